The van der Waals surface area contributed by atoms with Crippen LogP contribution in [0.4, 0.5) is 5.69 Å². The zero-order valence-corrected chi connectivity index (χ0v) is 15.2. The van der Waals surface area contributed by atoms with Gasteiger partial charge in [-0.15, -0.1) is 6.58 Å². The van der Waals surface area contributed by atoms with Crippen molar-refractivity contribution >= 4 is 29.2 Å². The first-order valence-electron chi connectivity index (χ1n) is 8.77. The number of esters is 1. The van der Waals surface area contributed by atoms with Gasteiger partial charge in [0.25, 0.3) is 0 Å². The number of carbonyl (C=O) groups is 2. The first-order valence-corrected chi connectivity index (χ1v) is 9.14. The number of hydrogen-bond acceptors (Lipinski definition) is 4. The molecule has 1 aromatic carbocycles. The second-order valence-corrected chi connectivity index (χ2v) is 7.21. The fourth-order valence-corrected chi connectivity index (χ4v) is 4.64. The Labute approximate surface area is 157 Å². The molecule has 3 aliphatic heterocycles. The van der Waals surface area contributed by atoms with E-state index in [9.17, 15) is 9.59 Å². The highest BCUT2D eigenvalue weighted by Gasteiger charge is 2.71. The Morgan fingerprint density at radius 2 is 2.15 bits per heavy atom. The fraction of sp³-hybridized carbons (Fsp3) is 0.400. The zero-order chi connectivity index (χ0) is 18.5. The van der Waals surface area contributed by atoms with Crippen molar-refractivity contribution in [3.63, 3.8) is 0 Å². The maximum absolute atomic E-state index is 13.4. The van der Waals surface area contributed by atoms with Crippen LogP contribution >= 0.6 is 11.6 Å². The third kappa shape index (κ3) is 2.27. The number of nitrogens with zero attached hydrogens (tertiary/aromatic N) is 1. The van der Waals surface area contributed by atoms with Crippen molar-refractivity contribution in [2.75, 3.05) is 11.5 Å². The smallest absolute Gasteiger partial charge is 0.312 e. The SMILES string of the molecule is C=CC[C@H]1N(c2ccc(Cl)cc2)C(=O)[C@@H]2[C@@H](C(=O)OCC)[C@@H]3C=C[C@]21O3. The molecule has 0 unspecified atom stereocenters. The van der Waals surface area contributed by atoms with Crippen molar-refractivity contribution in [3.8, 4) is 0 Å². The average molecular weight is 374 g/mol. The van der Waals surface area contributed by atoms with Crippen LogP contribution in [0.5, 0.6) is 0 Å². The van der Waals surface area contributed by atoms with Crippen LogP contribution in [0.2, 0.25) is 5.02 Å². The van der Waals surface area contributed by atoms with E-state index in [-0.39, 0.29) is 24.5 Å². The van der Waals surface area contributed by atoms with E-state index in [1.807, 2.05) is 24.3 Å². The first-order chi connectivity index (χ1) is 12.5. The highest BCUT2D eigenvalue weighted by Crippen LogP contribution is 2.56. The van der Waals surface area contributed by atoms with Crippen LogP contribution in [0.15, 0.2) is 49.1 Å². The third-order valence-corrected chi connectivity index (χ3v) is 5.73. The average Bonchev–Trinajstić information content (AvgIpc) is 3.26. The second kappa shape index (κ2) is 6.25. The highest BCUT2D eigenvalue weighted by molar-refractivity contribution is 6.30. The molecule has 0 N–H and O–H groups in total. The van der Waals surface area contributed by atoms with Crippen molar-refractivity contribution in [3.05, 3.63) is 54.1 Å². The summed E-state index contributed by atoms with van der Waals surface area (Å²) in [5.74, 6) is -1.70. The van der Waals surface area contributed by atoms with E-state index in [0.29, 0.717) is 11.4 Å². The molecule has 1 spiro atoms. The van der Waals surface area contributed by atoms with Gasteiger partial charge in [0.1, 0.15) is 11.5 Å². The summed E-state index contributed by atoms with van der Waals surface area (Å²) >= 11 is 5.99. The van der Waals surface area contributed by atoms with Gasteiger partial charge in [0.2, 0.25) is 5.91 Å². The van der Waals surface area contributed by atoms with Crippen LogP contribution < -0.4 is 4.90 Å². The number of carbonyl (C=O) groups excluding carboxylic acids is 2. The van der Waals surface area contributed by atoms with E-state index in [1.54, 1.807) is 30.0 Å². The van der Waals surface area contributed by atoms with Crippen molar-refractivity contribution in [2.24, 2.45) is 11.8 Å². The molecular formula is C20H20ClNO4. The minimum atomic E-state index is -0.826. The monoisotopic (exact) mass is 373 g/mol. The van der Waals surface area contributed by atoms with Gasteiger partial charge in [0.05, 0.1) is 24.7 Å². The van der Waals surface area contributed by atoms with Crippen LogP contribution in [0.1, 0.15) is 13.3 Å². The molecule has 3 heterocycles. The number of amides is 1. The van der Waals surface area contributed by atoms with E-state index >= 15 is 0 Å². The van der Waals surface area contributed by atoms with Crippen molar-refractivity contribution in [1.29, 1.82) is 0 Å². The Kier molecular flexibility index (Phi) is 4.16. The minimum Gasteiger partial charge on any atom is -0.466 e. The lowest BCUT2D eigenvalue weighted by atomic mass is 9.74. The number of rotatable bonds is 5. The predicted octanol–water partition coefficient (Wildman–Crippen LogP) is 3.13. The van der Waals surface area contributed by atoms with Crippen LogP contribution in [0, 0.1) is 11.8 Å². The largest absolute Gasteiger partial charge is 0.466 e. The number of benzene rings is 1. The summed E-state index contributed by atoms with van der Waals surface area (Å²) in [6.45, 7) is 5.87. The van der Waals surface area contributed by atoms with Gasteiger partial charge in [-0.1, -0.05) is 29.8 Å². The molecule has 2 bridgehead atoms. The topological polar surface area (TPSA) is 55.8 Å². The van der Waals surface area contributed by atoms with Crippen LogP contribution in [0.25, 0.3) is 0 Å². The summed E-state index contributed by atoms with van der Waals surface area (Å²) in [4.78, 5) is 27.6. The molecule has 6 heteroatoms. The van der Waals surface area contributed by atoms with Gasteiger partial charge in [0, 0.05) is 10.7 Å². The van der Waals surface area contributed by atoms with E-state index in [0.717, 1.165) is 5.69 Å². The Morgan fingerprint density at radius 3 is 2.81 bits per heavy atom. The quantitative estimate of drug-likeness (QED) is 0.587. The molecule has 5 atom stereocenters. The highest BCUT2D eigenvalue weighted by atomic mass is 35.5. The Bertz CT molecular complexity index is 790. The molecule has 26 heavy (non-hydrogen) atoms. The second-order valence-electron chi connectivity index (χ2n) is 6.78. The van der Waals surface area contributed by atoms with Gasteiger partial charge in [-0.25, -0.2) is 0 Å². The molecule has 0 aromatic heterocycles. The lowest BCUT2D eigenvalue weighted by Crippen LogP contribution is -2.45. The summed E-state index contributed by atoms with van der Waals surface area (Å²) in [5, 5.41) is 0.598. The van der Waals surface area contributed by atoms with Gasteiger partial charge in [-0.05, 0) is 37.6 Å². The van der Waals surface area contributed by atoms with E-state index in [1.165, 1.54) is 0 Å². The molecule has 0 radical (unpaired) electrons. The predicted molar refractivity (Wildman–Crippen MR) is 97.9 cm³/mol. The molecule has 136 valence electrons. The summed E-state index contributed by atoms with van der Waals surface area (Å²) in [6.07, 6.45) is 5.74. The summed E-state index contributed by atoms with van der Waals surface area (Å²) in [6, 6.07) is 6.85. The number of ether oxygens (including phenoxy) is 2. The normalized spacial score (nSPS) is 34.2. The summed E-state index contributed by atoms with van der Waals surface area (Å²) < 4.78 is 11.4. The van der Waals surface area contributed by atoms with Crippen LogP contribution in [-0.4, -0.2) is 36.2 Å². The van der Waals surface area contributed by atoms with Gasteiger partial charge >= 0.3 is 5.97 Å². The Balaban J connectivity index is 1.78. The number of anilines is 1. The molecule has 4 rings (SSSR count). The van der Waals surface area contributed by atoms with Crippen LogP contribution in [0.3, 0.4) is 0 Å². The maximum Gasteiger partial charge on any atom is 0.312 e. The molecule has 5 nitrogen and oxygen atoms in total. The number of fused-ring (bicyclic) bond motifs is 1. The van der Waals surface area contributed by atoms with Gasteiger partial charge < -0.3 is 14.4 Å². The molecule has 1 amide bonds. The fourth-order valence-electron chi connectivity index (χ4n) is 4.51. The molecule has 0 saturated carbocycles. The van der Waals surface area contributed by atoms with Crippen molar-refractivity contribution < 1.29 is 19.1 Å². The Hall–Kier alpha value is -2.11. The molecule has 2 fully saturated rings. The molecular weight excluding hydrogens is 354 g/mol. The van der Waals surface area contributed by atoms with Crippen molar-refractivity contribution in [1.82, 2.24) is 0 Å². The first kappa shape index (κ1) is 17.3. The van der Waals surface area contributed by atoms with Gasteiger partial charge in [-0.3, -0.25) is 9.59 Å². The lowest BCUT2D eigenvalue weighted by molar-refractivity contribution is -0.151. The minimum absolute atomic E-state index is 0.121. The van der Waals surface area contributed by atoms with E-state index < -0.39 is 23.5 Å². The Morgan fingerprint density at radius 1 is 1.42 bits per heavy atom. The third-order valence-electron chi connectivity index (χ3n) is 5.48. The number of hydrogen-bond donors (Lipinski definition) is 0. The maximum atomic E-state index is 13.4. The van der Waals surface area contributed by atoms with E-state index in [2.05, 4.69) is 6.58 Å². The van der Waals surface area contributed by atoms with Crippen molar-refractivity contribution in [2.45, 2.75) is 31.1 Å². The zero-order valence-electron chi connectivity index (χ0n) is 14.4. The van der Waals surface area contributed by atoms with Crippen LogP contribution in [-0.2, 0) is 19.1 Å². The van der Waals surface area contributed by atoms with Gasteiger partial charge in [-0.2, -0.15) is 0 Å². The number of halogens is 1. The molecule has 1 aromatic rings. The van der Waals surface area contributed by atoms with E-state index in [4.69, 9.17) is 21.1 Å². The molecule has 0 aliphatic carbocycles. The summed E-state index contributed by atoms with van der Waals surface area (Å²) in [5.41, 5.74) is -0.0920. The standard InChI is InChI=1S/C20H20ClNO4/c1-3-5-15-20-11-10-14(26-20)16(19(24)25-4-2)17(20)18(23)22(15)13-8-6-12(21)7-9-13/h3,6-11,14-17H,1,4-5H2,2H3/t14-,15+,16-,17-,20+/m0/s1. The lowest BCUT2D eigenvalue weighted by Gasteiger charge is -2.32. The molecule has 3 aliphatic rings. The molecule has 2 saturated heterocycles. The van der Waals surface area contributed by atoms with Gasteiger partial charge in [0.15, 0.2) is 0 Å². The summed E-state index contributed by atoms with van der Waals surface area (Å²) in [7, 11) is 0.